The molecule has 0 fully saturated rings. The molecule has 26 heavy (non-hydrogen) atoms. The molecule has 0 spiro atoms. The maximum atomic E-state index is 12.4. The number of benzene rings is 2. The molecule has 0 aliphatic heterocycles. The van der Waals surface area contributed by atoms with E-state index >= 15 is 0 Å². The Kier molecular flexibility index (Phi) is 6.55. The molecule has 0 bridgehead atoms. The summed E-state index contributed by atoms with van der Waals surface area (Å²) in [6.07, 6.45) is 1.01. The maximum Gasteiger partial charge on any atom is 0.241 e. The number of halogens is 2. The largest absolute Gasteiger partial charge is 0.348 e. The molecule has 8 heteroatoms. The second-order valence-electron chi connectivity index (χ2n) is 6.07. The molecule has 0 radical (unpaired) electrons. The molecule has 0 aliphatic carbocycles. The number of nitrogens with one attached hydrogen (secondary N) is 1. The van der Waals surface area contributed by atoms with Crippen molar-refractivity contribution in [3.63, 3.8) is 0 Å². The summed E-state index contributed by atoms with van der Waals surface area (Å²) in [5.74, 6) is -0.445. The number of nitrogens with zero attached hydrogens (tertiary/aromatic N) is 1. The van der Waals surface area contributed by atoms with Crippen molar-refractivity contribution in [1.82, 2.24) is 5.32 Å². The van der Waals surface area contributed by atoms with E-state index in [0.717, 1.165) is 21.7 Å². The minimum atomic E-state index is -3.73. The van der Waals surface area contributed by atoms with Gasteiger partial charge in [0, 0.05) is 5.02 Å². The van der Waals surface area contributed by atoms with Crippen LogP contribution in [0.25, 0.3) is 0 Å². The fraction of sp³-hybridized carbons (Fsp3) is 0.278. The Hall–Kier alpha value is -1.76. The first-order chi connectivity index (χ1) is 12.1. The second kappa shape index (κ2) is 8.29. The molecule has 140 valence electrons. The van der Waals surface area contributed by atoms with Crippen molar-refractivity contribution in [3.05, 3.63) is 63.6 Å². The van der Waals surface area contributed by atoms with E-state index in [1.54, 1.807) is 6.07 Å². The zero-order valence-corrected chi connectivity index (χ0v) is 17.0. The van der Waals surface area contributed by atoms with Gasteiger partial charge in [-0.15, -0.1) is 0 Å². The zero-order chi connectivity index (χ0) is 19.5. The Morgan fingerprint density at radius 3 is 2.35 bits per heavy atom. The van der Waals surface area contributed by atoms with Gasteiger partial charge in [0.05, 0.1) is 23.0 Å². The van der Waals surface area contributed by atoms with Gasteiger partial charge in [0.25, 0.3) is 0 Å². The van der Waals surface area contributed by atoms with E-state index in [1.807, 2.05) is 38.1 Å². The third-order valence-electron chi connectivity index (χ3n) is 3.82. The molecule has 2 rings (SSSR count). The van der Waals surface area contributed by atoms with Crippen LogP contribution in [-0.4, -0.2) is 27.1 Å². The highest BCUT2D eigenvalue weighted by atomic mass is 35.5. The Labute approximate surface area is 164 Å². The van der Waals surface area contributed by atoms with Crippen molar-refractivity contribution in [3.8, 4) is 0 Å². The maximum absolute atomic E-state index is 12.4. The standard InChI is InChI=1S/C18H20Cl2N2O3S/c1-12-4-6-14(7-5-12)13(2)21-18(23)11-22(26(3,24)25)17-10-15(19)8-9-16(17)20/h4-10,13H,11H2,1-3H3,(H,21,23). The summed E-state index contributed by atoms with van der Waals surface area (Å²) in [5, 5.41) is 3.32. The molecule has 2 aromatic carbocycles. The highest BCUT2D eigenvalue weighted by Crippen LogP contribution is 2.30. The van der Waals surface area contributed by atoms with Crippen LogP contribution in [0.3, 0.4) is 0 Å². The number of rotatable bonds is 6. The topological polar surface area (TPSA) is 66.5 Å². The van der Waals surface area contributed by atoms with Crippen LogP contribution < -0.4 is 9.62 Å². The van der Waals surface area contributed by atoms with Crippen LogP contribution in [0.15, 0.2) is 42.5 Å². The first kappa shape index (κ1) is 20.6. The van der Waals surface area contributed by atoms with Crippen molar-refractivity contribution >= 4 is 44.8 Å². The van der Waals surface area contributed by atoms with Gasteiger partial charge in [-0.2, -0.15) is 0 Å². The summed E-state index contributed by atoms with van der Waals surface area (Å²) >= 11 is 12.0. The average molecular weight is 415 g/mol. The van der Waals surface area contributed by atoms with Crippen LogP contribution in [-0.2, 0) is 14.8 Å². The van der Waals surface area contributed by atoms with Gasteiger partial charge in [-0.05, 0) is 37.6 Å². The highest BCUT2D eigenvalue weighted by molar-refractivity contribution is 7.92. The van der Waals surface area contributed by atoms with Gasteiger partial charge in [0.1, 0.15) is 6.54 Å². The van der Waals surface area contributed by atoms with Gasteiger partial charge >= 0.3 is 0 Å². The first-order valence-electron chi connectivity index (χ1n) is 7.86. The fourth-order valence-electron chi connectivity index (χ4n) is 2.41. The van der Waals surface area contributed by atoms with E-state index in [2.05, 4.69) is 5.32 Å². The molecule has 0 saturated carbocycles. The number of sulfonamides is 1. The molecule has 0 heterocycles. The number of hydrogen-bond acceptors (Lipinski definition) is 3. The SMILES string of the molecule is Cc1ccc(C(C)NC(=O)CN(c2cc(Cl)ccc2Cl)S(C)(=O)=O)cc1. The third kappa shape index (κ3) is 5.37. The summed E-state index contributed by atoms with van der Waals surface area (Å²) in [4.78, 5) is 12.4. The molecule has 1 unspecified atom stereocenters. The van der Waals surface area contributed by atoms with E-state index in [0.29, 0.717) is 5.02 Å². The van der Waals surface area contributed by atoms with Gasteiger partial charge in [-0.3, -0.25) is 9.10 Å². The molecule has 5 nitrogen and oxygen atoms in total. The normalized spacial score (nSPS) is 12.5. The van der Waals surface area contributed by atoms with Crippen LogP contribution in [0.4, 0.5) is 5.69 Å². The lowest BCUT2D eigenvalue weighted by molar-refractivity contribution is -0.120. The lowest BCUT2D eigenvalue weighted by Crippen LogP contribution is -2.41. The fourth-order valence-corrected chi connectivity index (χ4v) is 3.71. The Bertz CT molecular complexity index is 899. The van der Waals surface area contributed by atoms with Gasteiger partial charge in [0.15, 0.2) is 0 Å². The quantitative estimate of drug-likeness (QED) is 0.777. The van der Waals surface area contributed by atoms with Gasteiger partial charge < -0.3 is 5.32 Å². The predicted molar refractivity (Wildman–Crippen MR) is 106 cm³/mol. The van der Waals surface area contributed by atoms with Crippen LogP contribution in [0.2, 0.25) is 10.0 Å². The van der Waals surface area contributed by atoms with Crippen molar-refractivity contribution < 1.29 is 13.2 Å². The molecular formula is C18H20Cl2N2O3S. The third-order valence-corrected chi connectivity index (χ3v) is 5.50. The molecule has 1 amide bonds. The van der Waals surface area contributed by atoms with E-state index in [4.69, 9.17) is 23.2 Å². The smallest absolute Gasteiger partial charge is 0.241 e. The van der Waals surface area contributed by atoms with E-state index < -0.39 is 22.5 Å². The molecule has 0 aromatic heterocycles. The minimum Gasteiger partial charge on any atom is -0.348 e. The molecule has 1 N–H and O–H groups in total. The summed E-state index contributed by atoms with van der Waals surface area (Å²) < 4.78 is 25.3. The summed E-state index contributed by atoms with van der Waals surface area (Å²) in [6.45, 7) is 3.42. The van der Waals surface area contributed by atoms with E-state index in [9.17, 15) is 13.2 Å². The number of anilines is 1. The average Bonchev–Trinajstić information content (AvgIpc) is 2.54. The van der Waals surface area contributed by atoms with Gasteiger partial charge in [-0.1, -0.05) is 53.0 Å². The van der Waals surface area contributed by atoms with Gasteiger partial charge in [0.2, 0.25) is 15.9 Å². The number of hydrogen-bond donors (Lipinski definition) is 1. The van der Waals surface area contributed by atoms with Crippen LogP contribution in [0.1, 0.15) is 24.1 Å². The first-order valence-corrected chi connectivity index (χ1v) is 10.5. The van der Waals surface area contributed by atoms with Crippen LogP contribution in [0, 0.1) is 6.92 Å². The Morgan fingerprint density at radius 2 is 1.77 bits per heavy atom. The van der Waals surface area contributed by atoms with Crippen molar-refractivity contribution in [2.75, 3.05) is 17.1 Å². The molecule has 1 atom stereocenters. The number of carbonyl (C=O) groups is 1. The Balaban J connectivity index is 2.19. The van der Waals surface area contributed by atoms with Crippen molar-refractivity contribution in [2.45, 2.75) is 19.9 Å². The lowest BCUT2D eigenvalue weighted by atomic mass is 10.1. The van der Waals surface area contributed by atoms with Crippen molar-refractivity contribution in [1.29, 1.82) is 0 Å². The summed E-state index contributed by atoms with van der Waals surface area (Å²) in [6, 6.07) is 11.9. The molecule has 0 saturated heterocycles. The number of aryl methyl sites for hydroxylation is 1. The molecular weight excluding hydrogens is 395 g/mol. The number of amides is 1. The summed E-state index contributed by atoms with van der Waals surface area (Å²) in [7, 11) is -3.73. The summed E-state index contributed by atoms with van der Waals surface area (Å²) in [5.41, 5.74) is 2.21. The second-order valence-corrected chi connectivity index (χ2v) is 8.82. The zero-order valence-electron chi connectivity index (χ0n) is 14.7. The Morgan fingerprint density at radius 1 is 1.15 bits per heavy atom. The lowest BCUT2D eigenvalue weighted by Gasteiger charge is -2.24. The van der Waals surface area contributed by atoms with E-state index in [1.165, 1.54) is 12.1 Å². The van der Waals surface area contributed by atoms with Crippen LogP contribution >= 0.6 is 23.2 Å². The number of carbonyl (C=O) groups excluding carboxylic acids is 1. The van der Waals surface area contributed by atoms with Gasteiger partial charge in [-0.25, -0.2) is 8.42 Å². The monoisotopic (exact) mass is 414 g/mol. The molecule has 0 aliphatic rings. The predicted octanol–water partition coefficient (Wildman–Crippen LogP) is 3.95. The van der Waals surface area contributed by atoms with Crippen molar-refractivity contribution in [2.24, 2.45) is 0 Å². The van der Waals surface area contributed by atoms with Crippen LogP contribution in [0.5, 0.6) is 0 Å². The molecule has 2 aromatic rings. The highest BCUT2D eigenvalue weighted by Gasteiger charge is 2.24. The minimum absolute atomic E-state index is 0.166. The van der Waals surface area contributed by atoms with E-state index in [-0.39, 0.29) is 16.8 Å².